The maximum atomic E-state index is 12.2. The fraction of sp³-hybridized carbons (Fsp3) is 0.421. The average Bonchev–Trinajstić information content (AvgIpc) is 3.04. The van der Waals surface area contributed by atoms with Crippen LogP contribution in [-0.2, 0) is 14.3 Å². The van der Waals surface area contributed by atoms with E-state index in [1.807, 2.05) is 30.3 Å². The van der Waals surface area contributed by atoms with Gasteiger partial charge in [-0.2, -0.15) is 0 Å². The van der Waals surface area contributed by atoms with Crippen LogP contribution in [0.15, 0.2) is 35.1 Å². The Morgan fingerprint density at radius 3 is 2.56 bits per heavy atom. The second kappa shape index (κ2) is 8.22. The number of aromatic amines is 2. The first kappa shape index (κ1) is 18.9. The topological polar surface area (TPSA) is 113 Å². The second-order valence-electron chi connectivity index (χ2n) is 6.48. The molecule has 3 atom stereocenters. The van der Waals surface area contributed by atoms with Gasteiger partial charge in [-0.1, -0.05) is 30.3 Å². The molecule has 3 rings (SSSR count). The number of esters is 1. The predicted octanol–water partition coefficient (Wildman–Crippen LogP) is 1.98. The van der Waals surface area contributed by atoms with E-state index < -0.39 is 17.8 Å². The number of H-pyrrole nitrogens is 2. The number of hydrogen-bond acceptors (Lipinski definition) is 5. The summed E-state index contributed by atoms with van der Waals surface area (Å²) in [5.41, 5.74) is 0.860. The van der Waals surface area contributed by atoms with E-state index in [-0.39, 0.29) is 30.4 Å². The van der Waals surface area contributed by atoms with E-state index in [0.29, 0.717) is 18.5 Å². The van der Waals surface area contributed by atoms with E-state index in [0.717, 1.165) is 5.56 Å². The van der Waals surface area contributed by atoms with Crippen molar-refractivity contribution in [3.8, 4) is 0 Å². The van der Waals surface area contributed by atoms with Crippen molar-refractivity contribution in [3.05, 3.63) is 57.8 Å². The molecule has 27 heavy (non-hydrogen) atoms. The molecule has 0 bridgehead atoms. The maximum absolute atomic E-state index is 12.2. The fourth-order valence-electron chi connectivity index (χ4n) is 3.40. The molecular weight excluding hydrogens is 350 g/mol. The standard InChI is InChI=1S/C19H23N3O5/c1-3-26-18(24)17-16(21-19(25)22-17)15-10-13(20-11(2)23)9-14(27-15)12-7-5-4-6-8-12/h4-8,13-15H,3,9-10H2,1-2H3,(H,20,23)(H2,21,22,25)/t13-,14-,15+/m1/s1. The molecule has 0 saturated carbocycles. The lowest BCUT2D eigenvalue weighted by molar-refractivity contribution is -0.122. The van der Waals surface area contributed by atoms with E-state index in [9.17, 15) is 14.4 Å². The fourth-order valence-corrected chi connectivity index (χ4v) is 3.40. The van der Waals surface area contributed by atoms with E-state index in [4.69, 9.17) is 9.47 Å². The highest BCUT2D eigenvalue weighted by atomic mass is 16.5. The molecule has 8 heteroatoms. The van der Waals surface area contributed by atoms with Gasteiger partial charge in [0.15, 0.2) is 5.69 Å². The van der Waals surface area contributed by atoms with E-state index in [1.165, 1.54) is 6.92 Å². The van der Waals surface area contributed by atoms with Crippen LogP contribution in [0, 0.1) is 0 Å². The summed E-state index contributed by atoms with van der Waals surface area (Å²) < 4.78 is 11.2. The van der Waals surface area contributed by atoms with Gasteiger partial charge in [-0.05, 0) is 25.3 Å². The molecule has 0 unspecified atom stereocenters. The Hall–Kier alpha value is -2.87. The van der Waals surface area contributed by atoms with Crippen LogP contribution in [0.4, 0.5) is 0 Å². The summed E-state index contributed by atoms with van der Waals surface area (Å²) in [6.45, 7) is 3.35. The number of nitrogens with one attached hydrogen (secondary N) is 3. The Balaban J connectivity index is 1.92. The van der Waals surface area contributed by atoms with Crippen LogP contribution < -0.4 is 11.0 Å². The van der Waals surface area contributed by atoms with Crippen molar-refractivity contribution in [2.45, 2.75) is 44.9 Å². The van der Waals surface area contributed by atoms with Crippen LogP contribution in [0.25, 0.3) is 0 Å². The van der Waals surface area contributed by atoms with Gasteiger partial charge in [0.05, 0.1) is 18.4 Å². The average molecular weight is 373 g/mol. The van der Waals surface area contributed by atoms with Crippen molar-refractivity contribution in [1.29, 1.82) is 0 Å². The Morgan fingerprint density at radius 1 is 1.19 bits per heavy atom. The molecule has 1 fully saturated rings. The van der Waals surface area contributed by atoms with Gasteiger partial charge in [-0.25, -0.2) is 9.59 Å². The molecular formula is C19H23N3O5. The number of hydrogen-bond donors (Lipinski definition) is 3. The third-order valence-corrected chi connectivity index (χ3v) is 4.46. The number of rotatable bonds is 5. The summed E-state index contributed by atoms with van der Waals surface area (Å²) in [6, 6.07) is 9.49. The van der Waals surface area contributed by atoms with Gasteiger partial charge in [0.25, 0.3) is 0 Å². The summed E-state index contributed by atoms with van der Waals surface area (Å²) in [6.07, 6.45) is 0.182. The van der Waals surface area contributed by atoms with Gasteiger partial charge in [-0.3, -0.25) is 9.78 Å². The van der Waals surface area contributed by atoms with Crippen molar-refractivity contribution in [1.82, 2.24) is 15.3 Å². The summed E-state index contributed by atoms with van der Waals surface area (Å²) in [7, 11) is 0. The molecule has 1 aliphatic heterocycles. The quantitative estimate of drug-likeness (QED) is 0.694. The highest BCUT2D eigenvalue weighted by Gasteiger charge is 2.35. The molecule has 2 heterocycles. The smallest absolute Gasteiger partial charge is 0.356 e. The summed E-state index contributed by atoms with van der Waals surface area (Å²) in [5, 5.41) is 2.92. The minimum atomic E-state index is -0.618. The SMILES string of the molecule is CCOC(=O)c1[nH]c(=O)[nH]c1[C@@H]1C[C@H](NC(C)=O)C[C@H](c2ccccc2)O1. The lowest BCUT2D eigenvalue weighted by Gasteiger charge is -2.35. The molecule has 0 radical (unpaired) electrons. The van der Waals surface area contributed by atoms with Crippen LogP contribution in [0.1, 0.15) is 60.6 Å². The van der Waals surface area contributed by atoms with E-state index in [1.54, 1.807) is 6.92 Å². The first-order chi connectivity index (χ1) is 13.0. The van der Waals surface area contributed by atoms with Crippen LogP contribution >= 0.6 is 0 Å². The van der Waals surface area contributed by atoms with Crippen molar-refractivity contribution < 1.29 is 19.1 Å². The maximum Gasteiger partial charge on any atom is 0.356 e. The molecule has 1 aromatic heterocycles. The van der Waals surface area contributed by atoms with Gasteiger partial charge < -0.3 is 19.8 Å². The Bertz CT molecular complexity index is 858. The molecule has 1 aromatic carbocycles. The normalized spacial score (nSPS) is 22.2. The minimum absolute atomic E-state index is 0.0575. The van der Waals surface area contributed by atoms with E-state index in [2.05, 4.69) is 15.3 Å². The number of carbonyl (C=O) groups is 2. The molecule has 1 amide bonds. The van der Waals surface area contributed by atoms with Crippen LogP contribution in [0.2, 0.25) is 0 Å². The first-order valence-corrected chi connectivity index (χ1v) is 8.94. The molecule has 1 saturated heterocycles. The predicted molar refractivity (Wildman–Crippen MR) is 97.2 cm³/mol. The number of benzene rings is 1. The number of amides is 1. The lowest BCUT2D eigenvalue weighted by atomic mass is 9.92. The second-order valence-corrected chi connectivity index (χ2v) is 6.48. The Labute approximate surface area is 156 Å². The Kier molecular flexibility index (Phi) is 5.75. The first-order valence-electron chi connectivity index (χ1n) is 8.94. The van der Waals surface area contributed by atoms with Crippen LogP contribution in [-0.4, -0.2) is 34.5 Å². The van der Waals surface area contributed by atoms with Gasteiger partial charge >= 0.3 is 11.7 Å². The Morgan fingerprint density at radius 2 is 1.89 bits per heavy atom. The number of carbonyl (C=O) groups excluding carboxylic acids is 2. The number of ether oxygens (including phenoxy) is 2. The van der Waals surface area contributed by atoms with Gasteiger partial charge in [-0.15, -0.1) is 0 Å². The third kappa shape index (κ3) is 4.46. The molecule has 0 spiro atoms. The highest BCUT2D eigenvalue weighted by molar-refractivity contribution is 5.88. The number of imidazole rings is 1. The number of aromatic nitrogens is 2. The van der Waals surface area contributed by atoms with Crippen molar-refractivity contribution in [2.24, 2.45) is 0 Å². The third-order valence-electron chi connectivity index (χ3n) is 4.46. The van der Waals surface area contributed by atoms with Crippen molar-refractivity contribution in [2.75, 3.05) is 6.61 Å². The summed E-state index contributed by atoms with van der Waals surface area (Å²) in [4.78, 5) is 40.7. The molecule has 3 N–H and O–H groups in total. The van der Waals surface area contributed by atoms with Gasteiger partial charge in [0, 0.05) is 13.0 Å². The molecule has 0 aliphatic carbocycles. The van der Waals surface area contributed by atoms with Crippen molar-refractivity contribution in [3.63, 3.8) is 0 Å². The molecule has 2 aromatic rings. The monoisotopic (exact) mass is 373 g/mol. The largest absolute Gasteiger partial charge is 0.461 e. The van der Waals surface area contributed by atoms with Crippen LogP contribution in [0.3, 0.4) is 0 Å². The van der Waals surface area contributed by atoms with Gasteiger partial charge in [0.1, 0.15) is 6.10 Å². The molecule has 1 aliphatic rings. The zero-order valence-corrected chi connectivity index (χ0v) is 15.3. The zero-order valence-electron chi connectivity index (χ0n) is 15.3. The van der Waals surface area contributed by atoms with Gasteiger partial charge in [0.2, 0.25) is 5.91 Å². The molecule has 8 nitrogen and oxygen atoms in total. The minimum Gasteiger partial charge on any atom is -0.461 e. The molecule has 144 valence electrons. The summed E-state index contributed by atoms with van der Waals surface area (Å²) in [5.74, 6) is -0.756. The summed E-state index contributed by atoms with van der Waals surface area (Å²) >= 11 is 0. The van der Waals surface area contributed by atoms with Crippen LogP contribution in [0.5, 0.6) is 0 Å². The van der Waals surface area contributed by atoms with Crippen molar-refractivity contribution >= 4 is 11.9 Å². The highest BCUT2D eigenvalue weighted by Crippen LogP contribution is 2.38. The zero-order chi connectivity index (χ0) is 19.4. The lowest BCUT2D eigenvalue weighted by Crippen LogP contribution is -2.40. The van der Waals surface area contributed by atoms with E-state index >= 15 is 0 Å².